The number of aryl methyl sites for hydroxylation is 1. The number of aromatic nitrogens is 2. The van der Waals surface area contributed by atoms with Gasteiger partial charge in [0.25, 0.3) is 0 Å². The van der Waals surface area contributed by atoms with Gasteiger partial charge in [-0.25, -0.2) is 0 Å². The highest BCUT2D eigenvalue weighted by atomic mass is 35.5. The number of halogens is 1. The first kappa shape index (κ1) is 19.9. The number of nitrogens with zero attached hydrogens (tertiary/aromatic N) is 1. The second kappa shape index (κ2) is 8.65. The molecule has 0 spiro atoms. The summed E-state index contributed by atoms with van der Waals surface area (Å²) in [7, 11) is 0. The Hall–Kier alpha value is -2.12. The van der Waals surface area contributed by atoms with E-state index in [1.54, 1.807) is 24.3 Å². The van der Waals surface area contributed by atoms with Crippen molar-refractivity contribution >= 4 is 29.4 Å². The van der Waals surface area contributed by atoms with Crippen molar-refractivity contribution in [1.29, 1.82) is 0 Å². The molecule has 0 saturated carbocycles. The fourth-order valence-corrected chi connectivity index (χ4v) is 2.21. The molecule has 3 N–H and O–H groups in total. The number of carbonyl (C=O) groups excluding carboxylic acids is 1. The molecule has 0 bridgehead atoms. The van der Waals surface area contributed by atoms with Gasteiger partial charge < -0.3 is 20.0 Å². The molecule has 7 nitrogen and oxygen atoms in total. The average Bonchev–Trinajstić information content (AvgIpc) is 2.53. The summed E-state index contributed by atoms with van der Waals surface area (Å²) in [5.41, 5.74) is 5.65. The number of aromatic amines is 1. The van der Waals surface area contributed by atoms with Crippen LogP contribution in [0.5, 0.6) is 0 Å². The molecule has 2 rings (SSSR count). The molecule has 1 aromatic heterocycles. The van der Waals surface area contributed by atoms with Gasteiger partial charge >= 0.3 is 17.1 Å². The van der Waals surface area contributed by atoms with Gasteiger partial charge in [-0.15, -0.1) is 12.4 Å². The Morgan fingerprint density at radius 3 is 2.62 bits per heavy atom. The smallest absolute Gasteiger partial charge is 0.323 e. The van der Waals surface area contributed by atoms with Crippen LogP contribution < -0.4 is 16.9 Å². The van der Waals surface area contributed by atoms with Crippen molar-refractivity contribution in [2.45, 2.75) is 32.9 Å². The highest BCUT2D eigenvalue weighted by Crippen LogP contribution is 2.08. The van der Waals surface area contributed by atoms with Crippen LogP contribution in [0.25, 0.3) is 11.0 Å². The Bertz CT molecular complexity index is 813. The highest BCUT2D eigenvalue weighted by Gasteiger charge is 2.18. The number of para-hydroxylation sites is 2. The van der Waals surface area contributed by atoms with E-state index in [2.05, 4.69) is 4.98 Å². The molecule has 8 heteroatoms. The third kappa shape index (κ3) is 4.46. The molecule has 0 fully saturated rings. The second-order valence-corrected chi connectivity index (χ2v) is 5.72. The maximum atomic E-state index is 12.0. The molecule has 2 aromatic rings. The number of hydrogen-bond donors (Lipinski definition) is 2. The maximum absolute atomic E-state index is 12.0. The molecule has 0 aliphatic heterocycles. The number of benzene rings is 1. The first-order valence-electron chi connectivity index (χ1n) is 7.56. The highest BCUT2D eigenvalue weighted by molar-refractivity contribution is 5.85. The Labute approximate surface area is 145 Å². The minimum Gasteiger partial charge on any atom is -0.464 e. The van der Waals surface area contributed by atoms with E-state index >= 15 is 0 Å². The summed E-state index contributed by atoms with van der Waals surface area (Å²) in [6, 6.07) is 6.40. The van der Waals surface area contributed by atoms with Crippen LogP contribution in [0.1, 0.15) is 20.3 Å². The molecule has 0 aliphatic carbocycles. The minimum absolute atomic E-state index is 0. The van der Waals surface area contributed by atoms with Crippen molar-refractivity contribution in [3.8, 4) is 0 Å². The molecule has 24 heavy (non-hydrogen) atoms. The number of nitrogens with two attached hydrogens (primary N) is 1. The standard InChI is InChI=1S/C16H21N3O4.ClH/c1-10(2)13(17)16(22)23-9-5-8-19-12-7-4-3-6-11(12)18-14(20)15(19)21;/h3-4,6-7,10,13H,5,8-9,17H2,1-2H3,(H,18,20);1H/t13-;/m0./s1. The van der Waals surface area contributed by atoms with Gasteiger partial charge in [-0.3, -0.25) is 14.4 Å². The lowest BCUT2D eigenvalue weighted by Gasteiger charge is -2.15. The first-order chi connectivity index (χ1) is 10.9. The Morgan fingerprint density at radius 1 is 1.29 bits per heavy atom. The van der Waals surface area contributed by atoms with Crippen molar-refractivity contribution in [1.82, 2.24) is 9.55 Å². The molecule has 132 valence electrons. The van der Waals surface area contributed by atoms with Crippen LogP contribution in [0.3, 0.4) is 0 Å². The van der Waals surface area contributed by atoms with E-state index in [-0.39, 0.29) is 31.5 Å². The zero-order chi connectivity index (χ0) is 17.0. The Balaban J connectivity index is 0.00000288. The SMILES string of the molecule is CC(C)[C@H](N)C(=O)OCCCn1c(=O)c(=O)[nH]c2ccccc21.Cl. The number of esters is 1. The van der Waals surface area contributed by atoms with Crippen LogP contribution in [0.2, 0.25) is 0 Å². The molecule has 0 amide bonds. The van der Waals surface area contributed by atoms with E-state index in [4.69, 9.17) is 10.5 Å². The Morgan fingerprint density at radius 2 is 1.96 bits per heavy atom. The van der Waals surface area contributed by atoms with Crippen molar-refractivity contribution in [2.24, 2.45) is 11.7 Å². The number of ether oxygens (including phenoxy) is 1. The normalized spacial score (nSPS) is 12.0. The predicted octanol–water partition coefficient (Wildman–Crippen LogP) is 1.03. The minimum atomic E-state index is -0.664. The van der Waals surface area contributed by atoms with Crippen LogP contribution in [0, 0.1) is 5.92 Å². The van der Waals surface area contributed by atoms with Gasteiger partial charge in [-0.05, 0) is 24.5 Å². The summed E-state index contributed by atoms with van der Waals surface area (Å²) in [4.78, 5) is 37.9. The van der Waals surface area contributed by atoms with Crippen LogP contribution in [-0.2, 0) is 16.1 Å². The molecule has 0 unspecified atom stereocenters. The third-order valence-electron chi connectivity index (χ3n) is 3.64. The number of rotatable bonds is 6. The first-order valence-corrected chi connectivity index (χ1v) is 7.56. The van der Waals surface area contributed by atoms with E-state index in [1.165, 1.54) is 4.57 Å². The van der Waals surface area contributed by atoms with Gasteiger partial charge in [0.05, 0.1) is 17.6 Å². The van der Waals surface area contributed by atoms with E-state index in [1.807, 2.05) is 13.8 Å². The van der Waals surface area contributed by atoms with E-state index in [0.717, 1.165) is 0 Å². The number of carbonyl (C=O) groups is 1. The molecular weight excluding hydrogens is 334 g/mol. The average molecular weight is 356 g/mol. The summed E-state index contributed by atoms with van der Waals surface area (Å²) < 4.78 is 6.50. The Kier molecular flexibility index (Phi) is 7.18. The quantitative estimate of drug-likeness (QED) is 0.457. The van der Waals surface area contributed by atoms with Crippen molar-refractivity contribution in [3.05, 3.63) is 45.0 Å². The topological polar surface area (TPSA) is 107 Å². The lowest BCUT2D eigenvalue weighted by molar-refractivity contribution is -0.146. The summed E-state index contributed by atoms with van der Waals surface area (Å²) in [6.07, 6.45) is 0.421. The molecule has 1 heterocycles. The monoisotopic (exact) mass is 355 g/mol. The van der Waals surface area contributed by atoms with Gasteiger partial charge in [0, 0.05) is 6.54 Å². The molecule has 0 radical (unpaired) electrons. The molecule has 1 aromatic carbocycles. The van der Waals surface area contributed by atoms with Gasteiger partial charge in [-0.2, -0.15) is 0 Å². The number of nitrogens with one attached hydrogen (secondary N) is 1. The van der Waals surface area contributed by atoms with Crippen LogP contribution in [0.15, 0.2) is 33.9 Å². The van der Waals surface area contributed by atoms with E-state index < -0.39 is 23.1 Å². The second-order valence-electron chi connectivity index (χ2n) is 5.72. The van der Waals surface area contributed by atoms with E-state index in [9.17, 15) is 14.4 Å². The van der Waals surface area contributed by atoms with Gasteiger partial charge in [0.2, 0.25) is 0 Å². The fraction of sp³-hybridized carbons (Fsp3) is 0.438. The maximum Gasteiger partial charge on any atom is 0.323 e. The molecule has 0 saturated heterocycles. The largest absolute Gasteiger partial charge is 0.464 e. The van der Waals surface area contributed by atoms with Crippen LogP contribution in [0.4, 0.5) is 0 Å². The number of H-pyrrole nitrogens is 1. The van der Waals surface area contributed by atoms with Gasteiger partial charge in [-0.1, -0.05) is 26.0 Å². The number of fused-ring (bicyclic) bond motifs is 1. The lowest BCUT2D eigenvalue weighted by Crippen LogP contribution is -2.38. The summed E-state index contributed by atoms with van der Waals surface area (Å²) in [6.45, 7) is 4.11. The fourth-order valence-electron chi connectivity index (χ4n) is 2.21. The summed E-state index contributed by atoms with van der Waals surface area (Å²) in [5, 5.41) is 0. The van der Waals surface area contributed by atoms with Crippen molar-refractivity contribution in [2.75, 3.05) is 6.61 Å². The lowest BCUT2D eigenvalue weighted by atomic mass is 10.1. The zero-order valence-corrected chi connectivity index (χ0v) is 14.5. The summed E-state index contributed by atoms with van der Waals surface area (Å²) >= 11 is 0. The van der Waals surface area contributed by atoms with Crippen molar-refractivity contribution < 1.29 is 9.53 Å². The van der Waals surface area contributed by atoms with Crippen molar-refractivity contribution in [3.63, 3.8) is 0 Å². The molecular formula is C16H22ClN3O4. The van der Waals surface area contributed by atoms with Gasteiger partial charge in [0.1, 0.15) is 6.04 Å². The predicted molar refractivity (Wildman–Crippen MR) is 94.5 cm³/mol. The zero-order valence-electron chi connectivity index (χ0n) is 13.7. The third-order valence-corrected chi connectivity index (χ3v) is 3.64. The summed E-state index contributed by atoms with van der Waals surface area (Å²) in [5.74, 6) is -0.454. The molecule has 1 atom stereocenters. The number of hydrogen-bond acceptors (Lipinski definition) is 5. The van der Waals surface area contributed by atoms with Crippen LogP contribution in [-0.4, -0.2) is 28.2 Å². The molecule has 0 aliphatic rings. The van der Waals surface area contributed by atoms with Gasteiger partial charge in [0.15, 0.2) is 0 Å². The van der Waals surface area contributed by atoms with Crippen LogP contribution >= 0.6 is 12.4 Å². The van der Waals surface area contributed by atoms with E-state index in [0.29, 0.717) is 17.5 Å².